The molecule has 0 nitrogen and oxygen atoms in total. The van der Waals surface area contributed by atoms with E-state index < -0.39 is 0 Å². The minimum absolute atomic E-state index is 0.174. The molecule has 0 saturated carbocycles. The van der Waals surface area contributed by atoms with E-state index in [0.29, 0.717) is 0 Å². The second-order valence-electron chi connectivity index (χ2n) is 8.88. The molecule has 4 aromatic rings. The number of hydrogen-bond acceptors (Lipinski definition) is 0. The maximum Gasteiger partial charge on any atom is 0.0278 e. The zero-order valence-corrected chi connectivity index (χ0v) is 19.8. The highest BCUT2D eigenvalue weighted by atomic mass is 14.2. The Morgan fingerprint density at radius 2 is 1.06 bits per heavy atom. The molecule has 0 aliphatic carbocycles. The SMILES string of the molecule is Cc1ccc(/C(=C\C(c2ccccc2)c2ccccc2)c2c(C)c(C)cc(C)c2C)cc1. The first kappa shape index (κ1) is 21.8. The van der Waals surface area contributed by atoms with Gasteiger partial charge in [0.05, 0.1) is 0 Å². The molecule has 0 amide bonds. The maximum absolute atomic E-state index is 2.48. The minimum atomic E-state index is 0.174. The summed E-state index contributed by atoms with van der Waals surface area (Å²) in [4.78, 5) is 0. The summed E-state index contributed by atoms with van der Waals surface area (Å²) in [5, 5.41) is 0. The molecule has 0 bridgehead atoms. The summed E-state index contributed by atoms with van der Waals surface area (Å²) >= 11 is 0. The fourth-order valence-electron chi connectivity index (χ4n) is 4.55. The second kappa shape index (κ2) is 9.40. The van der Waals surface area contributed by atoms with Crippen molar-refractivity contribution in [3.63, 3.8) is 0 Å². The van der Waals surface area contributed by atoms with Crippen molar-refractivity contribution < 1.29 is 0 Å². The third-order valence-corrected chi connectivity index (χ3v) is 6.65. The third kappa shape index (κ3) is 4.46. The first-order valence-electron chi connectivity index (χ1n) is 11.4. The first-order valence-corrected chi connectivity index (χ1v) is 11.4. The fraction of sp³-hybridized carbons (Fsp3) is 0.188. The van der Waals surface area contributed by atoms with Crippen molar-refractivity contribution in [2.24, 2.45) is 0 Å². The normalized spacial score (nSPS) is 11.8. The maximum atomic E-state index is 2.48. The smallest absolute Gasteiger partial charge is 0.0278 e. The number of aryl methyl sites for hydroxylation is 3. The van der Waals surface area contributed by atoms with Crippen LogP contribution in [0.3, 0.4) is 0 Å². The molecule has 0 aromatic heterocycles. The molecule has 0 atom stereocenters. The van der Waals surface area contributed by atoms with Crippen LogP contribution in [0.2, 0.25) is 0 Å². The van der Waals surface area contributed by atoms with E-state index in [1.54, 1.807) is 0 Å². The molecule has 0 fully saturated rings. The number of benzene rings is 4. The van der Waals surface area contributed by atoms with Gasteiger partial charge in [0.25, 0.3) is 0 Å². The topological polar surface area (TPSA) is 0 Å². The van der Waals surface area contributed by atoms with Crippen LogP contribution in [0, 0.1) is 34.6 Å². The summed E-state index contributed by atoms with van der Waals surface area (Å²) in [5.41, 5.74) is 13.3. The Bertz CT molecular complexity index is 1160. The van der Waals surface area contributed by atoms with Crippen LogP contribution < -0.4 is 0 Å². The summed E-state index contributed by atoms with van der Waals surface area (Å²) in [5.74, 6) is 0.174. The van der Waals surface area contributed by atoms with E-state index in [0.717, 1.165) is 0 Å². The average Bonchev–Trinajstić information content (AvgIpc) is 2.82. The van der Waals surface area contributed by atoms with Crippen molar-refractivity contribution in [1.29, 1.82) is 0 Å². The van der Waals surface area contributed by atoms with E-state index in [1.807, 2.05) is 0 Å². The predicted molar refractivity (Wildman–Crippen MR) is 138 cm³/mol. The van der Waals surface area contributed by atoms with Crippen molar-refractivity contribution in [2.45, 2.75) is 40.5 Å². The van der Waals surface area contributed by atoms with Crippen LogP contribution in [0.25, 0.3) is 5.57 Å². The van der Waals surface area contributed by atoms with Gasteiger partial charge in [0.1, 0.15) is 0 Å². The van der Waals surface area contributed by atoms with Crippen molar-refractivity contribution in [3.05, 3.63) is 147 Å². The summed E-state index contributed by atoms with van der Waals surface area (Å²) in [6.07, 6.45) is 2.48. The molecule has 0 aliphatic rings. The van der Waals surface area contributed by atoms with Crippen LogP contribution in [-0.2, 0) is 0 Å². The zero-order chi connectivity index (χ0) is 22.7. The number of rotatable bonds is 5. The molecule has 0 spiro atoms. The van der Waals surface area contributed by atoms with Crippen LogP contribution in [0.15, 0.2) is 97.1 Å². The Kier molecular flexibility index (Phi) is 6.42. The van der Waals surface area contributed by atoms with Gasteiger partial charge in [0, 0.05) is 5.92 Å². The Labute approximate surface area is 193 Å². The lowest BCUT2D eigenvalue weighted by atomic mass is 9.82. The molecule has 0 radical (unpaired) electrons. The molecule has 4 rings (SSSR count). The van der Waals surface area contributed by atoms with Crippen LogP contribution >= 0.6 is 0 Å². The van der Waals surface area contributed by atoms with Gasteiger partial charge >= 0.3 is 0 Å². The lowest BCUT2D eigenvalue weighted by Crippen LogP contribution is -2.04. The molecule has 0 heteroatoms. The standard InChI is InChI=1S/C32H32/c1-22-16-18-29(19-17-22)31(32-25(4)23(2)20-24(3)26(32)5)21-30(27-12-8-6-9-13-27)28-14-10-7-11-15-28/h6-21,30H,1-5H3/b31-21+. The summed E-state index contributed by atoms with van der Waals surface area (Å²) in [7, 11) is 0. The quantitative estimate of drug-likeness (QED) is 0.306. The van der Waals surface area contributed by atoms with E-state index in [1.165, 1.54) is 55.6 Å². The van der Waals surface area contributed by atoms with Crippen LogP contribution in [-0.4, -0.2) is 0 Å². The Morgan fingerprint density at radius 3 is 1.53 bits per heavy atom. The van der Waals surface area contributed by atoms with E-state index in [4.69, 9.17) is 0 Å². The lowest BCUT2D eigenvalue weighted by Gasteiger charge is -2.22. The highest BCUT2D eigenvalue weighted by molar-refractivity contribution is 5.85. The third-order valence-electron chi connectivity index (χ3n) is 6.65. The Hall–Kier alpha value is -3.38. The van der Waals surface area contributed by atoms with E-state index >= 15 is 0 Å². The molecule has 4 aromatic carbocycles. The van der Waals surface area contributed by atoms with Crippen LogP contribution in [0.5, 0.6) is 0 Å². The average molecular weight is 417 g/mol. The summed E-state index contributed by atoms with van der Waals surface area (Å²) in [6.45, 7) is 11.1. The van der Waals surface area contributed by atoms with Gasteiger partial charge in [-0.2, -0.15) is 0 Å². The van der Waals surface area contributed by atoms with Crippen molar-refractivity contribution >= 4 is 5.57 Å². The Morgan fingerprint density at radius 1 is 0.594 bits per heavy atom. The van der Waals surface area contributed by atoms with E-state index in [-0.39, 0.29) is 5.92 Å². The predicted octanol–water partition coefficient (Wildman–Crippen LogP) is 8.49. The van der Waals surface area contributed by atoms with Crippen LogP contribution in [0.4, 0.5) is 0 Å². The highest BCUT2D eigenvalue weighted by Crippen LogP contribution is 2.37. The summed E-state index contributed by atoms with van der Waals surface area (Å²) < 4.78 is 0. The zero-order valence-electron chi connectivity index (χ0n) is 19.8. The van der Waals surface area contributed by atoms with Crippen molar-refractivity contribution in [1.82, 2.24) is 0 Å². The lowest BCUT2D eigenvalue weighted by molar-refractivity contribution is 1.03. The molecule has 0 heterocycles. The molecule has 0 saturated heterocycles. The second-order valence-corrected chi connectivity index (χ2v) is 8.88. The highest BCUT2D eigenvalue weighted by Gasteiger charge is 2.19. The molecular formula is C32H32. The van der Waals surface area contributed by atoms with Gasteiger partial charge in [-0.3, -0.25) is 0 Å². The van der Waals surface area contributed by atoms with Crippen molar-refractivity contribution in [3.8, 4) is 0 Å². The van der Waals surface area contributed by atoms with Gasteiger partial charge in [0.15, 0.2) is 0 Å². The molecular weight excluding hydrogens is 384 g/mol. The monoisotopic (exact) mass is 416 g/mol. The molecule has 32 heavy (non-hydrogen) atoms. The fourth-order valence-corrected chi connectivity index (χ4v) is 4.55. The van der Waals surface area contributed by atoms with Crippen LogP contribution in [0.1, 0.15) is 56.0 Å². The van der Waals surface area contributed by atoms with E-state index in [9.17, 15) is 0 Å². The molecule has 160 valence electrons. The first-order chi connectivity index (χ1) is 15.5. The largest absolute Gasteiger partial charge is 0.0641 e. The van der Waals surface area contributed by atoms with Gasteiger partial charge in [-0.15, -0.1) is 0 Å². The minimum Gasteiger partial charge on any atom is -0.0641 e. The van der Waals surface area contributed by atoms with Crippen molar-refractivity contribution in [2.75, 3.05) is 0 Å². The number of allylic oxidation sites excluding steroid dienone is 1. The number of hydrogen-bond donors (Lipinski definition) is 0. The van der Waals surface area contributed by atoms with Gasteiger partial charge in [-0.1, -0.05) is 103 Å². The van der Waals surface area contributed by atoms with E-state index in [2.05, 4.69) is 132 Å². The van der Waals surface area contributed by atoms with Gasteiger partial charge < -0.3 is 0 Å². The molecule has 0 N–H and O–H groups in total. The molecule has 0 aliphatic heterocycles. The van der Waals surface area contributed by atoms with Gasteiger partial charge in [0.2, 0.25) is 0 Å². The van der Waals surface area contributed by atoms with Gasteiger partial charge in [-0.25, -0.2) is 0 Å². The summed E-state index contributed by atoms with van der Waals surface area (Å²) in [6, 6.07) is 33.0. The van der Waals surface area contributed by atoms with Gasteiger partial charge in [-0.05, 0) is 84.7 Å². The molecule has 0 unspecified atom stereocenters. The Balaban J connectivity index is 2.02.